The topological polar surface area (TPSA) is 59.9 Å². The first-order chi connectivity index (χ1) is 11.3. The molecule has 0 aliphatic heterocycles. The second-order valence-corrected chi connectivity index (χ2v) is 4.54. The van der Waals surface area contributed by atoms with E-state index in [1.165, 1.54) is 6.21 Å². The van der Waals surface area contributed by atoms with E-state index < -0.39 is 0 Å². The van der Waals surface area contributed by atoms with E-state index >= 15 is 0 Å². The van der Waals surface area contributed by atoms with Gasteiger partial charge in [-0.3, -0.25) is 4.79 Å². The first kappa shape index (κ1) is 16.3. The number of carbonyl (C=O) groups is 1. The minimum absolute atomic E-state index is 0.328. The molecule has 0 aliphatic carbocycles. The highest BCUT2D eigenvalue weighted by atomic mass is 16.5. The highest BCUT2D eigenvalue weighted by Crippen LogP contribution is 2.18. The van der Waals surface area contributed by atoms with Gasteiger partial charge in [-0.2, -0.15) is 5.10 Å². The third-order valence-corrected chi connectivity index (χ3v) is 3.00. The Morgan fingerprint density at radius 1 is 1.17 bits per heavy atom. The minimum atomic E-state index is -0.351. The molecule has 0 fully saturated rings. The molecule has 23 heavy (non-hydrogen) atoms. The Morgan fingerprint density at radius 2 is 1.87 bits per heavy atom. The van der Waals surface area contributed by atoms with Crippen LogP contribution in [-0.4, -0.2) is 25.8 Å². The molecule has 0 unspecified atom stereocenters. The fraction of sp³-hybridized carbons (Fsp3) is 0.111. The molecule has 0 heterocycles. The van der Waals surface area contributed by atoms with Gasteiger partial charge in [0.2, 0.25) is 0 Å². The van der Waals surface area contributed by atoms with Crippen LogP contribution in [0.2, 0.25) is 0 Å². The maximum atomic E-state index is 12.2. The molecule has 5 nitrogen and oxygen atoms in total. The molecule has 0 aliphatic rings. The summed E-state index contributed by atoms with van der Waals surface area (Å²) in [7, 11) is 1.58. The van der Waals surface area contributed by atoms with E-state index in [0.29, 0.717) is 23.7 Å². The second-order valence-electron chi connectivity index (χ2n) is 4.54. The normalized spacial score (nSPS) is 10.3. The fourth-order valence-corrected chi connectivity index (χ4v) is 1.92. The van der Waals surface area contributed by atoms with Crippen molar-refractivity contribution in [2.45, 2.75) is 0 Å². The predicted octanol–water partition coefficient (Wildman–Crippen LogP) is 3.02. The Balaban J connectivity index is 2.08. The summed E-state index contributed by atoms with van der Waals surface area (Å²) in [5, 5.41) is 3.97. The summed E-state index contributed by atoms with van der Waals surface area (Å²) in [4.78, 5) is 12.2. The van der Waals surface area contributed by atoms with Gasteiger partial charge in [-0.15, -0.1) is 0 Å². The van der Waals surface area contributed by atoms with Gasteiger partial charge in [-0.1, -0.05) is 36.9 Å². The van der Waals surface area contributed by atoms with Crippen molar-refractivity contribution < 1.29 is 14.3 Å². The standard InChI is InChI=1S/C18H18N2O3/c1-3-12-23-17-11-7-5-9-15(17)18(21)20-19-13-14-8-4-6-10-16(14)22-2/h3-11,13H,1,12H2,2H3,(H,20,21). The molecule has 1 N–H and O–H groups in total. The molecule has 0 spiro atoms. The summed E-state index contributed by atoms with van der Waals surface area (Å²) in [6.45, 7) is 3.92. The van der Waals surface area contributed by atoms with Crippen molar-refractivity contribution in [3.8, 4) is 11.5 Å². The zero-order valence-electron chi connectivity index (χ0n) is 12.9. The smallest absolute Gasteiger partial charge is 0.275 e. The molecule has 0 saturated carbocycles. The van der Waals surface area contributed by atoms with E-state index in [1.807, 2.05) is 24.3 Å². The van der Waals surface area contributed by atoms with Crippen molar-refractivity contribution in [2.24, 2.45) is 5.10 Å². The van der Waals surface area contributed by atoms with Crippen LogP contribution in [0.25, 0.3) is 0 Å². The Labute approximate surface area is 135 Å². The second kappa shape index (κ2) is 8.38. The molecular formula is C18H18N2O3. The van der Waals surface area contributed by atoms with E-state index in [9.17, 15) is 4.79 Å². The highest BCUT2D eigenvalue weighted by molar-refractivity contribution is 5.97. The van der Waals surface area contributed by atoms with E-state index in [2.05, 4.69) is 17.1 Å². The van der Waals surface area contributed by atoms with Crippen LogP contribution in [-0.2, 0) is 0 Å². The van der Waals surface area contributed by atoms with Crippen LogP contribution < -0.4 is 14.9 Å². The molecule has 5 heteroatoms. The number of para-hydroxylation sites is 2. The molecule has 2 aromatic rings. The Bertz CT molecular complexity index is 711. The fourth-order valence-electron chi connectivity index (χ4n) is 1.92. The highest BCUT2D eigenvalue weighted by Gasteiger charge is 2.10. The molecule has 0 bridgehead atoms. The number of benzene rings is 2. The van der Waals surface area contributed by atoms with E-state index in [0.717, 1.165) is 5.56 Å². The number of ether oxygens (including phenoxy) is 2. The summed E-state index contributed by atoms with van der Waals surface area (Å²) in [5.74, 6) is 0.813. The number of nitrogens with zero attached hydrogens (tertiary/aromatic N) is 1. The van der Waals surface area contributed by atoms with Gasteiger partial charge in [-0.05, 0) is 24.3 Å². The maximum absolute atomic E-state index is 12.2. The molecule has 0 radical (unpaired) electrons. The predicted molar refractivity (Wildman–Crippen MR) is 90.2 cm³/mol. The average Bonchev–Trinajstić information content (AvgIpc) is 2.60. The van der Waals surface area contributed by atoms with E-state index in [1.54, 1.807) is 37.5 Å². The quantitative estimate of drug-likeness (QED) is 0.486. The summed E-state index contributed by atoms with van der Waals surface area (Å²) < 4.78 is 10.7. The number of methoxy groups -OCH3 is 1. The van der Waals surface area contributed by atoms with Gasteiger partial charge < -0.3 is 9.47 Å². The van der Waals surface area contributed by atoms with Gasteiger partial charge in [0.05, 0.1) is 18.9 Å². The van der Waals surface area contributed by atoms with Gasteiger partial charge >= 0.3 is 0 Å². The third kappa shape index (κ3) is 4.44. The summed E-state index contributed by atoms with van der Waals surface area (Å²) in [6.07, 6.45) is 3.15. The van der Waals surface area contributed by atoms with Crippen LogP contribution in [0.3, 0.4) is 0 Å². The molecular weight excluding hydrogens is 292 g/mol. The van der Waals surface area contributed by atoms with Crippen molar-refractivity contribution in [3.63, 3.8) is 0 Å². The molecule has 0 atom stereocenters. The molecule has 1 amide bonds. The van der Waals surface area contributed by atoms with Crippen molar-refractivity contribution >= 4 is 12.1 Å². The average molecular weight is 310 g/mol. The number of hydrogen-bond donors (Lipinski definition) is 1. The number of amides is 1. The number of rotatable bonds is 7. The molecule has 0 aromatic heterocycles. The lowest BCUT2D eigenvalue weighted by Crippen LogP contribution is -2.18. The van der Waals surface area contributed by atoms with E-state index in [-0.39, 0.29) is 5.91 Å². The number of hydrogen-bond acceptors (Lipinski definition) is 4. The van der Waals surface area contributed by atoms with Crippen molar-refractivity contribution in [1.82, 2.24) is 5.43 Å². The summed E-state index contributed by atoms with van der Waals surface area (Å²) >= 11 is 0. The minimum Gasteiger partial charge on any atom is -0.496 e. The van der Waals surface area contributed by atoms with Gasteiger partial charge in [0.15, 0.2) is 0 Å². The van der Waals surface area contributed by atoms with Crippen molar-refractivity contribution in [1.29, 1.82) is 0 Å². The lowest BCUT2D eigenvalue weighted by Gasteiger charge is -2.08. The first-order valence-electron chi connectivity index (χ1n) is 7.05. The third-order valence-electron chi connectivity index (χ3n) is 3.00. The van der Waals surface area contributed by atoms with Crippen LogP contribution in [0.5, 0.6) is 11.5 Å². The zero-order valence-corrected chi connectivity index (χ0v) is 12.9. The summed E-state index contributed by atoms with van der Waals surface area (Å²) in [6, 6.07) is 14.4. The number of nitrogens with one attached hydrogen (secondary N) is 1. The molecule has 0 saturated heterocycles. The summed E-state index contributed by atoms with van der Waals surface area (Å²) in [5.41, 5.74) is 3.66. The Hall–Kier alpha value is -3.08. The lowest BCUT2D eigenvalue weighted by molar-refractivity contribution is 0.0951. The van der Waals surface area contributed by atoms with Crippen LogP contribution in [0.1, 0.15) is 15.9 Å². The zero-order chi connectivity index (χ0) is 16.5. The van der Waals surface area contributed by atoms with Crippen molar-refractivity contribution in [2.75, 3.05) is 13.7 Å². The number of hydrazone groups is 1. The molecule has 2 aromatic carbocycles. The monoisotopic (exact) mass is 310 g/mol. The lowest BCUT2D eigenvalue weighted by atomic mass is 10.2. The SMILES string of the molecule is C=CCOc1ccccc1C(=O)NN=Cc1ccccc1OC. The largest absolute Gasteiger partial charge is 0.496 e. The Kier molecular flexibility index (Phi) is 5.94. The van der Waals surface area contributed by atoms with Gasteiger partial charge in [0, 0.05) is 5.56 Å². The van der Waals surface area contributed by atoms with Gasteiger partial charge in [0.25, 0.3) is 5.91 Å². The van der Waals surface area contributed by atoms with Crippen LogP contribution in [0.4, 0.5) is 0 Å². The maximum Gasteiger partial charge on any atom is 0.275 e. The van der Waals surface area contributed by atoms with Crippen LogP contribution >= 0.6 is 0 Å². The molecule has 2 rings (SSSR count). The Morgan fingerprint density at radius 3 is 2.61 bits per heavy atom. The van der Waals surface area contributed by atoms with Crippen LogP contribution in [0, 0.1) is 0 Å². The van der Waals surface area contributed by atoms with Crippen LogP contribution in [0.15, 0.2) is 66.3 Å². The number of carbonyl (C=O) groups excluding carboxylic acids is 1. The van der Waals surface area contributed by atoms with Gasteiger partial charge in [-0.25, -0.2) is 5.43 Å². The molecule has 118 valence electrons. The first-order valence-corrected chi connectivity index (χ1v) is 7.05. The van der Waals surface area contributed by atoms with Crippen molar-refractivity contribution in [3.05, 3.63) is 72.3 Å². The van der Waals surface area contributed by atoms with Gasteiger partial charge in [0.1, 0.15) is 18.1 Å². The van der Waals surface area contributed by atoms with E-state index in [4.69, 9.17) is 9.47 Å².